The second kappa shape index (κ2) is 10.4. The van der Waals surface area contributed by atoms with Gasteiger partial charge in [0.05, 0.1) is 18.1 Å². The van der Waals surface area contributed by atoms with E-state index in [0.29, 0.717) is 11.7 Å². The van der Waals surface area contributed by atoms with Gasteiger partial charge in [-0.25, -0.2) is 10.5 Å². The second-order valence-electron chi connectivity index (χ2n) is 7.71. The van der Waals surface area contributed by atoms with E-state index in [2.05, 4.69) is 20.2 Å². The van der Waals surface area contributed by atoms with Gasteiger partial charge in [-0.1, -0.05) is 32.1 Å². The first-order valence-corrected chi connectivity index (χ1v) is 10.2. The quantitative estimate of drug-likeness (QED) is 0.387. The fourth-order valence-electron chi connectivity index (χ4n) is 4.12. The Labute approximate surface area is 161 Å². The van der Waals surface area contributed by atoms with Crippen molar-refractivity contribution >= 4 is 17.8 Å². The van der Waals surface area contributed by atoms with Crippen molar-refractivity contribution in [3.05, 3.63) is 24.2 Å². The zero-order valence-electron chi connectivity index (χ0n) is 15.9. The number of hydrogen-bond acceptors (Lipinski definition) is 6. The number of piperidine rings is 1. The van der Waals surface area contributed by atoms with E-state index >= 15 is 0 Å². The highest BCUT2D eigenvalue weighted by Crippen LogP contribution is 2.27. The molecule has 1 aromatic heterocycles. The van der Waals surface area contributed by atoms with Crippen LogP contribution >= 0.6 is 0 Å². The molecule has 0 spiro atoms. The number of carbonyl (C=O) groups excluding carboxylic acids is 1. The maximum atomic E-state index is 11.0. The Morgan fingerprint density at radius 3 is 2.78 bits per heavy atom. The highest BCUT2D eigenvalue weighted by Gasteiger charge is 2.21. The molecule has 1 aliphatic carbocycles. The first-order valence-electron chi connectivity index (χ1n) is 10.2. The van der Waals surface area contributed by atoms with Crippen LogP contribution in [0.25, 0.3) is 6.08 Å². The Morgan fingerprint density at radius 1 is 1.19 bits per heavy atom. The normalized spacial score (nSPS) is 22.0. The number of nitrogens with zero attached hydrogens (tertiary/aromatic N) is 3. The highest BCUT2D eigenvalue weighted by molar-refractivity contribution is 5.90. The molecular weight excluding hydrogens is 342 g/mol. The molecule has 148 valence electrons. The minimum absolute atomic E-state index is 0.404. The minimum Gasteiger partial charge on any atom is -0.365 e. The number of likely N-dealkylation sites (tertiary alicyclic amines) is 1. The van der Waals surface area contributed by atoms with Crippen molar-refractivity contribution in [2.24, 2.45) is 5.92 Å². The SMILES string of the molecule is O=C(C=Cc1cnc(N[C@@H]2CCCN(CCC3CCCCC3)C2)cn1)NO. The van der Waals surface area contributed by atoms with E-state index in [-0.39, 0.29) is 0 Å². The van der Waals surface area contributed by atoms with Crippen molar-refractivity contribution in [1.82, 2.24) is 20.3 Å². The Hall–Kier alpha value is -1.99. The van der Waals surface area contributed by atoms with Gasteiger partial charge in [0.1, 0.15) is 5.82 Å². The number of aromatic nitrogens is 2. The average Bonchev–Trinajstić information content (AvgIpc) is 2.72. The van der Waals surface area contributed by atoms with Gasteiger partial charge in [0.25, 0.3) is 5.91 Å². The predicted molar refractivity (Wildman–Crippen MR) is 105 cm³/mol. The van der Waals surface area contributed by atoms with Gasteiger partial charge in [0.2, 0.25) is 0 Å². The minimum atomic E-state index is -0.588. The van der Waals surface area contributed by atoms with Crippen molar-refractivity contribution in [1.29, 1.82) is 0 Å². The van der Waals surface area contributed by atoms with Crippen LogP contribution in [0, 0.1) is 5.92 Å². The van der Waals surface area contributed by atoms with Crippen molar-refractivity contribution in [3.8, 4) is 0 Å². The lowest BCUT2D eigenvalue weighted by Gasteiger charge is -2.34. The molecule has 1 saturated heterocycles. The van der Waals surface area contributed by atoms with E-state index in [1.165, 1.54) is 70.2 Å². The summed E-state index contributed by atoms with van der Waals surface area (Å²) in [5.74, 6) is 1.11. The van der Waals surface area contributed by atoms with Gasteiger partial charge < -0.3 is 10.2 Å². The summed E-state index contributed by atoms with van der Waals surface area (Å²) in [6, 6.07) is 0.404. The highest BCUT2D eigenvalue weighted by atomic mass is 16.5. The van der Waals surface area contributed by atoms with E-state index in [1.54, 1.807) is 17.9 Å². The molecule has 0 unspecified atom stereocenters. The van der Waals surface area contributed by atoms with Gasteiger partial charge in [-0.15, -0.1) is 0 Å². The molecule has 2 aliphatic rings. The molecule has 1 aliphatic heterocycles. The van der Waals surface area contributed by atoms with Crippen molar-refractivity contribution < 1.29 is 10.0 Å². The Kier molecular flexibility index (Phi) is 7.59. The summed E-state index contributed by atoms with van der Waals surface area (Å²) in [6.07, 6.45) is 16.9. The maximum Gasteiger partial charge on any atom is 0.267 e. The number of rotatable bonds is 7. The van der Waals surface area contributed by atoms with Crippen LogP contribution in [0.2, 0.25) is 0 Å². The third kappa shape index (κ3) is 6.59. The average molecular weight is 374 g/mol. The Morgan fingerprint density at radius 2 is 2.04 bits per heavy atom. The summed E-state index contributed by atoms with van der Waals surface area (Å²) in [5, 5.41) is 12.0. The molecular formula is C20H31N5O2. The van der Waals surface area contributed by atoms with Crippen LogP contribution in [0.5, 0.6) is 0 Å². The number of carbonyl (C=O) groups is 1. The molecule has 1 atom stereocenters. The first-order chi connectivity index (χ1) is 13.2. The van der Waals surface area contributed by atoms with Crippen LogP contribution in [-0.2, 0) is 4.79 Å². The molecule has 1 amide bonds. The summed E-state index contributed by atoms with van der Waals surface area (Å²) in [6.45, 7) is 3.48. The molecule has 3 N–H and O–H groups in total. The number of amides is 1. The Bertz CT molecular complexity index is 613. The van der Waals surface area contributed by atoms with Crippen LogP contribution in [0.1, 0.15) is 57.1 Å². The zero-order valence-corrected chi connectivity index (χ0v) is 15.9. The molecule has 7 heteroatoms. The lowest BCUT2D eigenvalue weighted by atomic mass is 9.87. The third-order valence-corrected chi connectivity index (χ3v) is 5.62. The van der Waals surface area contributed by atoms with Gasteiger partial charge in [-0.3, -0.25) is 15.0 Å². The summed E-state index contributed by atoms with van der Waals surface area (Å²) >= 11 is 0. The molecule has 0 bridgehead atoms. The van der Waals surface area contributed by atoms with Gasteiger partial charge in [0.15, 0.2) is 0 Å². The van der Waals surface area contributed by atoms with E-state index < -0.39 is 5.91 Å². The largest absolute Gasteiger partial charge is 0.365 e. The lowest BCUT2D eigenvalue weighted by molar-refractivity contribution is -0.124. The number of hydroxylamine groups is 1. The predicted octanol–water partition coefficient (Wildman–Crippen LogP) is 2.84. The van der Waals surface area contributed by atoms with Crippen LogP contribution < -0.4 is 10.8 Å². The van der Waals surface area contributed by atoms with Crippen molar-refractivity contribution in [3.63, 3.8) is 0 Å². The molecule has 1 saturated carbocycles. The van der Waals surface area contributed by atoms with E-state index in [4.69, 9.17) is 5.21 Å². The topological polar surface area (TPSA) is 90.4 Å². The second-order valence-corrected chi connectivity index (χ2v) is 7.71. The number of hydrogen-bond donors (Lipinski definition) is 3. The van der Waals surface area contributed by atoms with Crippen LogP contribution in [-0.4, -0.2) is 51.7 Å². The molecule has 2 heterocycles. The van der Waals surface area contributed by atoms with Crippen molar-refractivity contribution in [2.75, 3.05) is 25.0 Å². The molecule has 0 aromatic carbocycles. The number of nitrogens with one attached hydrogen (secondary N) is 2. The molecule has 0 radical (unpaired) electrons. The van der Waals surface area contributed by atoms with Gasteiger partial charge in [-0.05, 0) is 44.3 Å². The molecule has 1 aromatic rings. The summed E-state index contributed by atoms with van der Waals surface area (Å²) in [4.78, 5) is 22.2. The standard InChI is InChI=1S/C20H31N5O2/c26-20(24-27)9-8-17-13-22-19(14-21-17)23-18-7-4-11-25(15-18)12-10-16-5-2-1-3-6-16/h8-9,13-14,16,18,27H,1-7,10-12,15H2,(H,22,23)(H,24,26)/t18-/m1/s1. The summed E-state index contributed by atoms with van der Waals surface area (Å²) in [7, 11) is 0. The molecule has 27 heavy (non-hydrogen) atoms. The zero-order chi connectivity index (χ0) is 18.9. The summed E-state index contributed by atoms with van der Waals surface area (Å²) in [5.41, 5.74) is 2.12. The van der Waals surface area contributed by atoms with Crippen LogP contribution in [0.3, 0.4) is 0 Å². The fraction of sp³-hybridized carbons (Fsp3) is 0.650. The van der Waals surface area contributed by atoms with E-state index in [9.17, 15) is 4.79 Å². The number of anilines is 1. The molecule has 2 fully saturated rings. The van der Waals surface area contributed by atoms with Crippen LogP contribution in [0.15, 0.2) is 18.5 Å². The molecule has 3 rings (SSSR count). The van der Waals surface area contributed by atoms with Crippen molar-refractivity contribution in [2.45, 2.75) is 57.4 Å². The maximum absolute atomic E-state index is 11.0. The van der Waals surface area contributed by atoms with E-state index in [0.717, 1.165) is 24.7 Å². The van der Waals surface area contributed by atoms with Gasteiger partial charge >= 0.3 is 0 Å². The van der Waals surface area contributed by atoms with Gasteiger partial charge in [0, 0.05) is 18.7 Å². The third-order valence-electron chi connectivity index (χ3n) is 5.62. The smallest absolute Gasteiger partial charge is 0.267 e. The van der Waals surface area contributed by atoms with Gasteiger partial charge in [-0.2, -0.15) is 0 Å². The monoisotopic (exact) mass is 373 g/mol. The fourth-order valence-corrected chi connectivity index (χ4v) is 4.12. The summed E-state index contributed by atoms with van der Waals surface area (Å²) < 4.78 is 0. The Balaban J connectivity index is 1.44. The first kappa shape index (κ1) is 19.8. The lowest BCUT2D eigenvalue weighted by Crippen LogP contribution is -2.43. The van der Waals surface area contributed by atoms with E-state index in [1.807, 2.05) is 0 Å². The van der Waals surface area contributed by atoms with Crippen LogP contribution in [0.4, 0.5) is 5.82 Å². The molecule has 7 nitrogen and oxygen atoms in total.